The molecule has 0 radical (unpaired) electrons. The van der Waals surface area contributed by atoms with E-state index in [4.69, 9.17) is 0 Å². The van der Waals surface area contributed by atoms with Gasteiger partial charge >= 0.3 is 6.18 Å². The van der Waals surface area contributed by atoms with E-state index in [-0.39, 0.29) is 25.0 Å². The van der Waals surface area contributed by atoms with Gasteiger partial charge in [-0.1, -0.05) is 36.4 Å². The predicted molar refractivity (Wildman–Crippen MR) is 67.1 cm³/mol. The number of nitrogens with one attached hydrogen (secondary N) is 1. The first-order valence-electron chi connectivity index (χ1n) is 5.26. The molecule has 7 heteroatoms. The molecule has 0 aliphatic heterocycles. The zero-order valence-corrected chi connectivity index (χ0v) is 12.0. The summed E-state index contributed by atoms with van der Waals surface area (Å²) in [5.41, 5.74) is 0. The lowest BCUT2D eigenvalue weighted by molar-refractivity contribution is -0.174. The van der Waals surface area contributed by atoms with Crippen LogP contribution in [0.25, 0.3) is 0 Å². The van der Waals surface area contributed by atoms with Crippen molar-refractivity contribution in [1.29, 1.82) is 0 Å². The van der Waals surface area contributed by atoms with Crippen molar-refractivity contribution in [2.24, 2.45) is 5.92 Å². The highest BCUT2D eigenvalue weighted by molar-refractivity contribution is 14.1. The Morgan fingerprint density at radius 3 is 2.41 bits per heavy atom. The van der Waals surface area contributed by atoms with Gasteiger partial charge < -0.3 is 10.1 Å². The second-order valence-electron chi connectivity index (χ2n) is 3.99. The average molecular weight is 367 g/mol. The van der Waals surface area contributed by atoms with Crippen LogP contribution >= 0.6 is 22.6 Å². The Morgan fingerprint density at radius 2 is 2.00 bits per heavy atom. The molecule has 0 bridgehead atoms. The first-order chi connectivity index (χ1) is 7.76. The summed E-state index contributed by atoms with van der Waals surface area (Å²) in [7, 11) is 0. The summed E-state index contributed by atoms with van der Waals surface area (Å²) in [4.78, 5) is 11.4. The number of alkyl halides is 4. The molecule has 1 atom stereocenters. The molecule has 1 amide bonds. The molecule has 0 saturated heterocycles. The minimum absolute atomic E-state index is 0.0457. The Hall–Kier alpha value is -0.0500. The first-order valence-corrected chi connectivity index (χ1v) is 6.78. The second-order valence-corrected chi connectivity index (χ2v) is 4.87. The second kappa shape index (κ2) is 8.12. The standard InChI is InChI=1S/C10H17F3INO2/c1-7(2)8(5-14)15-9(16)3-4-17-6-10(11,12)13/h7-8H,3-6H2,1-2H3,(H,15,16). The summed E-state index contributed by atoms with van der Waals surface area (Å²) in [5, 5.41) is 2.76. The molecule has 0 aliphatic rings. The van der Waals surface area contributed by atoms with Crippen molar-refractivity contribution in [3.05, 3.63) is 0 Å². The molecular formula is C10H17F3INO2. The summed E-state index contributed by atoms with van der Waals surface area (Å²) in [6, 6.07) is 0.0470. The van der Waals surface area contributed by atoms with Gasteiger partial charge in [-0.15, -0.1) is 0 Å². The molecule has 0 aromatic rings. The van der Waals surface area contributed by atoms with Crippen LogP contribution in [0.3, 0.4) is 0 Å². The topological polar surface area (TPSA) is 38.3 Å². The van der Waals surface area contributed by atoms with Gasteiger partial charge in [0.1, 0.15) is 6.61 Å². The summed E-state index contributed by atoms with van der Waals surface area (Å²) >= 11 is 2.16. The molecule has 17 heavy (non-hydrogen) atoms. The fourth-order valence-corrected chi connectivity index (χ4v) is 2.25. The number of ether oxygens (including phenoxy) is 1. The Labute approximate surface area is 113 Å². The molecule has 0 aliphatic carbocycles. The van der Waals surface area contributed by atoms with Gasteiger partial charge in [0.25, 0.3) is 0 Å². The van der Waals surface area contributed by atoms with Gasteiger partial charge in [0.15, 0.2) is 0 Å². The van der Waals surface area contributed by atoms with Crippen LogP contribution < -0.4 is 5.32 Å². The first kappa shape index (κ1) is 16.9. The fourth-order valence-electron chi connectivity index (χ4n) is 1.02. The third kappa shape index (κ3) is 9.63. The van der Waals surface area contributed by atoms with Crippen LogP contribution in [0.4, 0.5) is 13.2 Å². The van der Waals surface area contributed by atoms with E-state index in [1.165, 1.54) is 0 Å². The van der Waals surface area contributed by atoms with Crippen LogP contribution in [0.1, 0.15) is 20.3 Å². The zero-order valence-electron chi connectivity index (χ0n) is 9.81. The smallest absolute Gasteiger partial charge is 0.372 e. The van der Waals surface area contributed by atoms with Gasteiger partial charge in [0.2, 0.25) is 5.91 Å². The third-order valence-electron chi connectivity index (χ3n) is 2.06. The van der Waals surface area contributed by atoms with Crippen LogP contribution in [0.2, 0.25) is 0 Å². The van der Waals surface area contributed by atoms with Crippen molar-refractivity contribution in [2.45, 2.75) is 32.5 Å². The van der Waals surface area contributed by atoms with Gasteiger partial charge in [-0.2, -0.15) is 13.2 Å². The predicted octanol–water partition coefficient (Wildman–Crippen LogP) is 2.53. The molecule has 0 rings (SSSR count). The molecule has 1 unspecified atom stereocenters. The molecule has 0 fully saturated rings. The molecule has 0 saturated carbocycles. The van der Waals surface area contributed by atoms with E-state index < -0.39 is 12.8 Å². The normalized spacial score (nSPS) is 13.8. The lowest BCUT2D eigenvalue weighted by Gasteiger charge is -2.19. The van der Waals surface area contributed by atoms with Crippen molar-refractivity contribution in [3.8, 4) is 0 Å². The maximum absolute atomic E-state index is 11.7. The van der Waals surface area contributed by atoms with E-state index in [9.17, 15) is 18.0 Å². The number of carbonyl (C=O) groups excluding carboxylic acids is 1. The number of rotatable bonds is 7. The SMILES string of the molecule is CC(C)C(CI)NC(=O)CCOCC(F)(F)F. The van der Waals surface area contributed by atoms with E-state index >= 15 is 0 Å². The molecule has 0 aromatic carbocycles. The maximum Gasteiger partial charge on any atom is 0.411 e. The average Bonchev–Trinajstić information content (AvgIpc) is 2.19. The minimum Gasteiger partial charge on any atom is -0.372 e. The van der Waals surface area contributed by atoms with Crippen molar-refractivity contribution < 1.29 is 22.7 Å². The maximum atomic E-state index is 11.7. The van der Waals surface area contributed by atoms with Crippen LogP contribution in [0.5, 0.6) is 0 Å². The number of carbonyl (C=O) groups is 1. The molecular weight excluding hydrogens is 350 g/mol. The highest BCUT2D eigenvalue weighted by Crippen LogP contribution is 2.14. The zero-order chi connectivity index (χ0) is 13.5. The van der Waals surface area contributed by atoms with Gasteiger partial charge in [0, 0.05) is 16.9 Å². The highest BCUT2D eigenvalue weighted by Gasteiger charge is 2.27. The van der Waals surface area contributed by atoms with Crippen molar-refractivity contribution in [1.82, 2.24) is 5.32 Å². The molecule has 0 aromatic heterocycles. The quantitative estimate of drug-likeness (QED) is 0.427. The van der Waals surface area contributed by atoms with E-state index in [1.807, 2.05) is 13.8 Å². The number of hydrogen-bond acceptors (Lipinski definition) is 2. The monoisotopic (exact) mass is 367 g/mol. The van der Waals surface area contributed by atoms with E-state index in [0.29, 0.717) is 5.92 Å². The number of halogens is 4. The van der Waals surface area contributed by atoms with Crippen LogP contribution in [0.15, 0.2) is 0 Å². The molecule has 1 N–H and O–H groups in total. The lowest BCUT2D eigenvalue weighted by Crippen LogP contribution is -2.40. The Kier molecular flexibility index (Phi) is 8.10. The van der Waals surface area contributed by atoms with Gasteiger partial charge in [-0.05, 0) is 5.92 Å². The Balaban J connectivity index is 3.73. The third-order valence-corrected chi connectivity index (χ3v) is 3.01. The van der Waals surface area contributed by atoms with Gasteiger partial charge in [-0.3, -0.25) is 4.79 Å². The minimum atomic E-state index is -4.33. The molecule has 3 nitrogen and oxygen atoms in total. The lowest BCUT2D eigenvalue weighted by atomic mass is 10.1. The van der Waals surface area contributed by atoms with E-state index in [0.717, 1.165) is 4.43 Å². The Bertz CT molecular complexity index is 234. The Morgan fingerprint density at radius 1 is 1.41 bits per heavy atom. The van der Waals surface area contributed by atoms with Crippen LogP contribution in [-0.4, -0.2) is 35.8 Å². The molecule has 0 heterocycles. The largest absolute Gasteiger partial charge is 0.411 e. The highest BCUT2D eigenvalue weighted by atomic mass is 127. The summed E-state index contributed by atoms with van der Waals surface area (Å²) in [5.74, 6) is 0.0227. The van der Waals surface area contributed by atoms with Crippen molar-refractivity contribution in [3.63, 3.8) is 0 Å². The van der Waals surface area contributed by atoms with E-state index in [2.05, 4.69) is 32.6 Å². The van der Waals surface area contributed by atoms with E-state index in [1.54, 1.807) is 0 Å². The number of hydrogen-bond donors (Lipinski definition) is 1. The summed E-state index contributed by atoms with van der Waals surface area (Å²) < 4.78 is 40.3. The van der Waals surface area contributed by atoms with Gasteiger partial charge in [0.05, 0.1) is 6.61 Å². The van der Waals surface area contributed by atoms with Crippen molar-refractivity contribution >= 4 is 28.5 Å². The van der Waals surface area contributed by atoms with Crippen LogP contribution in [-0.2, 0) is 9.53 Å². The molecule has 0 spiro atoms. The fraction of sp³-hybridized carbons (Fsp3) is 0.900. The summed E-state index contributed by atoms with van der Waals surface area (Å²) in [6.07, 6.45) is -4.38. The molecule has 102 valence electrons. The number of amides is 1. The van der Waals surface area contributed by atoms with Crippen LogP contribution in [0, 0.1) is 5.92 Å². The van der Waals surface area contributed by atoms with Gasteiger partial charge in [-0.25, -0.2) is 0 Å². The van der Waals surface area contributed by atoms with Crippen molar-refractivity contribution in [2.75, 3.05) is 17.6 Å². The summed E-state index contributed by atoms with van der Waals surface area (Å²) in [6.45, 7) is 2.44.